The number of methoxy groups -OCH3 is 2. The van der Waals surface area contributed by atoms with Crippen molar-refractivity contribution in [2.75, 3.05) is 27.4 Å². The lowest BCUT2D eigenvalue weighted by Gasteiger charge is -2.24. The minimum atomic E-state index is -0.546. The molecule has 0 bridgehead atoms. The van der Waals surface area contributed by atoms with Crippen molar-refractivity contribution in [3.63, 3.8) is 0 Å². The molecule has 1 aromatic carbocycles. The van der Waals surface area contributed by atoms with E-state index in [0.29, 0.717) is 22.4 Å². The molecule has 1 atom stereocenters. The Hall–Kier alpha value is -0.970. The lowest BCUT2D eigenvalue weighted by molar-refractivity contribution is 0.0434. The van der Waals surface area contributed by atoms with Crippen molar-refractivity contribution < 1.29 is 19.3 Å². The number of hydrogen-bond acceptors (Lipinski definition) is 4. The molecule has 0 spiro atoms. The Bertz CT molecular complexity index is 444. The second kappa shape index (κ2) is 7.16. The fourth-order valence-corrected chi connectivity index (χ4v) is 2.86. The van der Waals surface area contributed by atoms with Gasteiger partial charge >= 0.3 is 0 Å². The van der Waals surface area contributed by atoms with Crippen LogP contribution in [0.3, 0.4) is 0 Å². The van der Waals surface area contributed by atoms with Crippen molar-refractivity contribution in [2.45, 2.75) is 25.4 Å². The van der Waals surface area contributed by atoms with Gasteiger partial charge in [0.2, 0.25) is 0 Å². The Balaban J connectivity index is 2.12. The van der Waals surface area contributed by atoms with Crippen LogP contribution in [-0.2, 0) is 4.74 Å². The largest absolute Gasteiger partial charge is 0.493 e. The zero-order valence-electron chi connectivity index (χ0n) is 11.9. The number of hydrogen-bond donors (Lipinski definition) is 1. The zero-order valence-corrected chi connectivity index (χ0v) is 12.7. The number of rotatable bonds is 5. The maximum atomic E-state index is 10.4. The summed E-state index contributed by atoms with van der Waals surface area (Å²) in [6.07, 6.45) is 2.17. The van der Waals surface area contributed by atoms with E-state index in [1.807, 2.05) is 0 Å². The van der Waals surface area contributed by atoms with Crippen LogP contribution in [0.4, 0.5) is 0 Å². The minimum Gasteiger partial charge on any atom is -0.493 e. The quantitative estimate of drug-likeness (QED) is 0.907. The van der Waals surface area contributed by atoms with Gasteiger partial charge in [-0.25, -0.2) is 0 Å². The maximum Gasteiger partial charge on any atom is 0.179 e. The van der Waals surface area contributed by atoms with Crippen molar-refractivity contribution in [2.24, 2.45) is 5.92 Å². The molecule has 0 aromatic heterocycles. The average molecular weight is 301 g/mol. The smallest absolute Gasteiger partial charge is 0.179 e. The molecule has 1 aliphatic rings. The highest BCUT2D eigenvalue weighted by Crippen LogP contribution is 2.39. The molecule has 5 heteroatoms. The van der Waals surface area contributed by atoms with E-state index in [9.17, 15) is 5.11 Å². The Labute approximate surface area is 124 Å². The van der Waals surface area contributed by atoms with Crippen molar-refractivity contribution in [3.05, 3.63) is 22.7 Å². The highest BCUT2D eigenvalue weighted by atomic mass is 35.5. The lowest BCUT2D eigenvalue weighted by Crippen LogP contribution is -2.18. The highest BCUT2D eigenvalue weighted by molar-refractivity contribution is 6.32. The third-order valence-corrected chi connectivity index (χ3v) is 4.02. The van der Waals surface area contributed by atoms with Gasteiger partial charge in [0.25, 0.3) is 0 Å². The predicted octanol–water partition coefficient (Wildman–Crippen LogP) is 3.21. The normalized spacial score (nSPS) is 17.8. The van der Waals surface area contributed by atoms with E-state index in [0.717, 1.165) is 38.0 Å². The monoisotopic (exact) mass is 300 g/mol. The molecule has 1 saturated heterocycles. The van der Waals surface area contributed by atoms with E-state index >= 15 is 0 Å². The summed E-state index contributed by atoms with van der Waals surface area (Å²) in [5.74, 6) is 1.53. The van der Waals surface area contributed by atoms with Gasteiger partial charge in [0.1, 0.15) is 0 Å². The second-order valence-corrected chi connectivity index (χ2v) is 5.45. The van der Waals surface area contributed by atoms with Crippen LogP contribution >= 0.6 is 11.6 Å². The molecule has 1 aromatic rings. The van der Waals surface area contributed by atoms with Gasteiger partial charge in [-0.1, -0.05) is 11.6 Å². The molecule has 0 amide bonds. The van der Waals surface area contributed by atoms with Crippen LogP contribution in [0.25, 0.3) is 0 Å². The molecule has 1 aliphatic heterocycles. The molecule has 1 heterocycles. The molecule has 2 rings (SSSR count). The summed E-state index contributed by atoms with van der Waals surface area (Å²) in [6, 6.07) is 3.53. The number of benzene rings is 1. The summed E-state index contributed by atoms with van der Waals surface area (Å²) in [5.41, 5.74) is 0.763. The van der Waals surface area contributed by atoms with Crippen molar-refractivity contribution in [1.82, 2.24) is 0 Å². The summed E-state index contributed by atoms with van der Waals surface area (Å²) in [5, 5.41) is 10.8. The standard InChI is InChI=1S/C15H21ClO4/c1-18-14-9-11(8-12(16)15(14)19-2)13(17)7-10-3-5-20-6-4-10/h8-10,13,17H,3-7H2,1-2H3. The van der Waals surface area contributed by atoms with Crippen LogP contribution in [0.5, 0.6) is 11.5 Å². The molecule has 0 aliphatic carbocycles. The molecule has 20 heavy (non-hydrogen) atoms. The van der Waals surface area contributed by atoms with E-state index in [4.69, 9.17) is 25.8 Å². The van der Waals surface area contributed by atoms with Crippen LogP contribution in [0.2, 0.25) is 5.02 Å². The molecule has 0 saturated carbocycles. The third kappa shape index (κ3) is 3.57. The Morgan fingerprint density at radius 3 is 2.60 bits per heavy atom. The number of halogens is 1. The summed E-state index contributed by atoms with van der Waals surface area (Å²) < 4.78 is 15.8. The van der Waals surface area contributed by atoms with Crippen LogP contribution in [0, 0.1) is 5.92 Å². The lowest BCUT2D eigenvalue weighted by atomic mass is 9.91. The Morgan fingerprint density at radius 1 is 1.30 bits per heavy atom. The average Bonchev–Trinajstić information content (AvgIpc) is 2.47. The first-order chi connectivity index (χ1) is 9.65. The molecular formula is C15H21ClO4. The van der Waals surface area contributed by atoms with Crippen LogP contribution in [0.15, 0.2) is 12.1 Å². The van der Waals surface area contributed by atoms with Gasteiger partial charge in [0.15, 0.2) is 11.5 Å². The maximum absolute atomic E-state index is 10.4. The van der Waals surface area contributed by atoms with Gasteiger partial charge in [0, 0.05) is 13.2 Å². The van der Waals surface area contributed by atoms with Crippen molar-refractivity contribution >= 4 is 11.6 Å². The fourth-order valence-electron chi connectivity index (χ4n) is 2.56. The first kappa shape index (κ1) is 15.4. The van der Waals surface area contributed by atoms with Gasteiger partial charge < -0.3 is 19.3 Å². The molecule has 1 N–H and O–H groups in total. The SMILES string of the molecule is COc1cc(C(O)CC2CCOCC2)cc(Cl)c1OC. The summed E-state index contributed by atoms with van der Waals surface area (Å²) in [4.78, 5) is 0. The van der Waals surface area contributed by atoms with E-state index in [-0.39, 0.29) is 0 Å². The summed E-state index contributed by atoms with van der Waals surface area (Å²) in [7, 11) is 3.10. The molecule has 1 unspecified atom stereocenters. The summed E-state index contributed by atoms with van der Waals surface area (Å²) >= 11 is 6.16. The van der Waals surface area contributed by atoms with Gasteiger partial charge in [-0.3, -0.25) is 0 Å². The Morgan fingerprint density at radius 2 is 2.00 bits per heavy atom. The van der Waals surface area contributed by atoms with E-state index < -0.39 is 6.10 Å². The van der Waals surface area contributed by atoms with Crippen LogP contribution in [-0.4, -0.2) is 32.5 Å². The third-order valence-electron chi connectivity index (χ3n) is 3.74. The number of aliphatic hydroxyl groups excluding tert-OH is 1. The topological polar surface area (TPSA) is 47.9 Å². The molecule has 112 valence electrons. The molecular weight excluding hydrogens is 280 g/mol. The number of aliphatic hydroxyl groups is 1. The number of ether oxygens (including phenoxy) is 3. The van der Waals surface area contributed by atoms with Gasteiger partial charge in [-0.2, -0.15) is 0 Å². The van der Waals surface area contributed by atoms with E-state index in [2.05, 4.69) is 0 Å². The summed E-state index contributed by atoms with van der Waals surface area (Å²) in [6.45, 7) is 1.56. The van der Waals surface area contributed by atoms with Gasteiger partial charge in [0.05, 0.1) is 25.3 Å². The molecule has 4 nitrogen and oxygen atoms in total. The molecule has 0 radical (unpaired) electrons. The van der Waals surface area contributed by atoms with Crippen LogP contribution in [0.1, 0.15) is 30.9 Å². The van der Waals surface area contributed by atoms with Crippen molar-refractivity contribution in [1.29, 1.82) is 0 Å². The molecule has 1 fully saturated rings. The van der Waals surface area contributed by atoms with Crippen LogP contribution < -0.4 is 9.47 Å². The first-order valence-electron chi connectivity index (χ1n) is 6.83. The van der Waals surface area contributed by atoms with Gasteiger partial charge in [-0.15, -0.1) is 0 Å². The Kier molecular flexibility index (Phi) is 5.52. The second-order valence-electron chi connectivity index (χ2n) is 5.05. The zero-order chi connectivity index (χ0) is 14.5. The van der Waals surface area contributed by atoms with Gasteiger partial charge in [-0.05, 0) is 42.9 Å². The van der Waals surface area contributed by atoms with Crippen molar-refractivity contribution in [3.8, 4) is 11.5 Å². The predicted molar refractivity (Wildman–Crippen MR) is 77.7 cm³/mol. The van der Waals surface area contributed by atoms with E-state index in [1.54, 1.807) is 26.4 Å². The fraction of sp³-hybridized carbons (Fsp3) is 0.600. The highest BCUT2D eigenvalue weighted by Gasteiger charge is 2.21. The van der Waals surface area contributed by atoms with E-state index in [1.165, 1.54) is 0 Å². The first-order valence-corrected chi connectivity index (χ1v) is 7.20. The minimum absolute atomic E-state index is 0.452.